The average molecular weight is 285 g/mol. The van der Waals surface area contributed by atoms with Crippen LogP contribution < -0.4 is 5.32 Å². The van der Waals surface area contributed by atoms with Crippen molar-refractivity contribution in [2.45, 2.75) is 32.2 Å². The Morgan fingerprint density at radius 1 is 1.33 bits per heavy atom. The van der Waals surface area contributed by atoms with E-state index in [1.54, 1.807) is 0 Å². The zero-order valence-corrected chi connectivity index (χ0v) is 12.0. The molecule has 1 atom stereocenters. The first-order chi connectivity index (χ1) is 10.2. The standard InChI is InChI=1S/C15H19N5O/c1-11-5-7-12(8-6-11)18-15(21)20-9-3-2-4-13(20)14-16-10-17-19-14/h5-8,10,13H,2-4,9H2,1H3,(H,18,21)(H,16,17,19). The molecular weight excluding hydrogens is 266 g/mol. The van der Waals surface area contributed by atoms with E-state index in [0.29, 0.717) is 0 Å². The lowest BCUT2D eigenvalue weighted by molar-refractivity contribution is 0.159. The van der Waals surface area contributed by atoms with E-state index in [1.165, 1.54) is 11.9 Å². The van der Waals surface area contributed by atoms with Crippen molar-refractivity contribution in [1.82, 2.24) is 20.1 Å². The normalized spacial score (nSPS) is 18.5. The molecule has 1 aliphatic rings. The number of H-pyrrole nitrogens is 1. The first-order valence-corrected chi connectivity index (χ1v) is 7.23. The van der Waals surface area contributed by atoms with E-state index < -0.39 is 0 Å². The van der Waals surface area contributed by atoms with Crippen molar-refractivity contribution >= 4 is 11.7 Å². The lowest BCUT2D eigenvalue weighted by Gasteiger charge is -2.34. The summed E-state index contributed by atoms with van der Waals surface area (Å²) in [6, 6.07) is 7.70. The van der Waals surface area contributed by atoms with Crippen LogP contribution in [0.5, 0.6) is 0 Å². The van der Waals surface area contributed by atoms with E-state index >= 15 is 0 Å². The minimum absolute atomic E-state index is 0.0216. The molecule has 6 heteroatoms. The number of aromatic amines is 1. The number of anilines is 1. The van der Waals surface area contributed by atoms with E-state index in [1.807, 2.05) is 36.1 Å². The Morgan fingerprint density at radius 3 is 2.86 bits per heavy atom. The van der Waals surface area contributed by atoms with Gasteiger partial charge in [-0.05, 0) is 38.3 Å². The molecule has 1 fully saturated rings. The van der Waals surface area contributed by atoms with Gasteiger partial charge in [0.2, 0.25) is 0 Å². The van der Waals surface area contributed by atoms with Crippen LogP contribution in [0.3, 0.4) is 0 Å². The number of hydrogen-bond donors (Lipinski definition) is 2. The van der Waals surface area contributed by atoms with E-state index in [-0.39, 0.29) is 12.1 Å². The molecule has 21 heavy (non-hydrogen) atoms. The number of carbonyl (C=O) groups excluding carboxylic acids is 1. The Bertz CT molecular complexity index is 593. The molecule has 0 bridgehead atoms. The molecule has 0 saturated carbocycles. The van der Waals surface area contributed by atoms with Crippen LogP contribution in [-0.2, 0) is 0 Å². The third-order valence-electron chi connectivity index (χ3n) is 3.82. The Labute approximate surface area is 123 Å². The van der Waals surface area contributed by atoms with Gasteiger partial charge in [0.05, 0.1) is 6.04 Å². The minimum Gasteiger partial charge on any atom is -0.314 e. The first-order valence-electron chi connectivity index (χ1n) is 7.23. The van der Waals surface area contributed by atoms with E-state index in [9.17, 15) is 4.79 Å². The fourth-order valence-corrected chi connectivity index (χ4v) is 2.67. The van der Waals surface area contributed by atoms with Gasteiger partial charge in [0.25, 0.3) is 0 Å². The molecule has 0 radical (unpaired) electrons. The zero-order valence-electron chi connectivity index (χ0n) is 12.0. The number of carbonyl (C=O) groups is 1. The molecule has 1 aromatic carbocycles. The summed E-state index contributed by atoms with van der Waals surface area (Å²) in [7, 11) is 0. The molecule has 2 N–H and O–H groups in total. The molecule has 110 valence electrons. The van der Waals surface area contributed by atoms with Crippen LogP contribution >= 0.6 is 0 Å². The van der Waals surface area contributed by atoms with Crippen LogP contribution in [0.1, 0.15) is 36.7 Å². The number of nitrogens with one attached hydrogen (secondary N) is 2. The molecule has 0 aliphatic carbocycles. The summed E-state index contributed by atoms with van der Waals surface area (Å²) in [5.74, 6) is 0.758. The van der Waals surface area contributed by atoms with Crippen LogP contribution in [0.25, 0.3) is 0 Å². The number of urea groups is 1. The number of rotatable bonds is 2. The maximum atomic E-state index is 12.5. The molecular formula is C15H19N5O. The highest BCUT2D eigenvalue weighted by molar-refractivity contribution is 5.89. The van der Waals surface area contributed by atoms with E-state index in [2.05, 4.69) is 20.5 Å². The maximum Gasteiger partial charge on any atom is 0.322 e. The highest BCUT2D eigenvalue weighted by Gasteiger charge is 2.29. The van der Waals surface area contributed by atoms with Crippen molar-refractivity contribution < 1.29 is 4.79 Å². The smallest absolute Gasteiger partial charge is 0.314 e. The molecule has 3 rings (SSSR count). The first kappa shape index (κ1) is 13.6. The lowest BCUT2D eigenvalue weighted by atomic mass is 10.0. The molecule has 6 nitrogen and oxygen atoms in total. The van der Waals surface area contributed by atoms with Crippen molar-refractivity contribution in [3.63, 3.8) is 0 Å². The second-order valence-corrected chi connectivity index (χ2v) is 5.37. The molecule has 1 saturated heterocycles. The molecule has 0 spiro atoms. The number of hydrogen-bond acceptors (Lipinski definition) is 3. The van der Waals surface area contributed by atoms with Crippen molar-refractivity contribution in [2.24, 2.45) is 0 Å². The maximum absolute atomic E-state index is 12.5. The highest BCUT2D eigenvalue weighted by atomic mass is 16.2. The Balaban J connectivity index is 1.73. The van der Waals surface area contributed by atoms with Crippen LogP contribution in [0.2, 0.25) is 0 Å². The molecule has 1 aliphatic heterocycles. The van der Waals surface area contributed by atoms with Gasteiger partial charge in [0.15, 0.2) is 0 Å². The summed E-state index contributed by atoms with van der Waals surface area (Å²) in [6.45, 7) is 2.76. The molecule has 2 heterocycles. The van der Waals surface area contributed by atoms with Crippen LogP contribution in [0, 0.1) is 6.92 Å². The third kappa shape index (κ3) is 3.04. The van der Waals surface area contributed by atoms with Crippen molar-refractivity contribution in [3.05, 3.63) is 42.0 Å². The topological polar surface area (TPSA) is 73.9 Å². The summed E-state index contributed by atoms with van der Waals surface area (Å²) in [6.07, 6.45) is 4.52. The van der Waals surface area contributed by atoms with Gasteiger partial charge in [-0.15, -0.1) is 0 Å². The number of likely N-dealkylation sites (tertiary alicyclic amines) is 1. The average Bonchev–Trinajstić information content (AvgIpc) is 3.04. The Kier molecular flexibility index (Phi) is 3.85. The second kappa shape index (κ2) is 5.95. The molecule has 2 aromatic rings. The molecule has 1 unspecified atom stereocenters. The van der Waals surface area contributed by atoms with Crippen LogP contribution in [-0.4, -0.2) is 32.7 Å². The number of piperidine rings is 1. The van der Waals surface area contributed by atoms with E-state index in [0.717, 1.165) is 37.3 Å². The predicted molar refractivity (Wildman–Crippen MR) is 79.9 cm³/mol. The Morgan fingerprint density at radius 2 is 2.14 bits per heavy atom. The Hall–Kier alpha value is -2.37. The number of nitrogens with zero attached hydrogens (tertiary/aromatic N) is 3. The summed E-state index contributed by atoms with van der Waals surface area (Å²) < 4.78 is 0. The van der Waals surface area contributed by atoms with Crippen LogP contribution in [0.15, 0.2) is 30.6 Å². The van der Waals surface area contributed by atoms with Crippen molar-refractivity contribution in [3.8, 4) is 0 Å². The number of amides is 2. The number of aromatic nitrogens is 3. The number of aryl methyl sites for hydroxylation is 1. The fraction of sp³-hybridized carbons (Fsp3) is 0.400. The van der Waals surface area contributed by atoms with Gasteiger partial charge in [0.1, 0.15) is 12.2 Å². The summed E-state index contributed by atoms with van der Waals surface area (Å²) in [5, 5.41) is 9.73. The van der Waals surface area contributed by atoms with Gasteiger partial charge in [-0.25, -0.2) is 9.78 Å². The van der Waals surface area contributed by atoms with E-state index in [4.69, 9.17) is 0 Å². The summed E-state index contributed by atoms with van der Waals surface area (Å²) in [4.78, 5) is 18.6. The van der Waals surface area contributed by atoms with Gasteiger partial charge in [-0.1, -0.05) is 17.7 Å². The van der Waals surface area contributed by atoms with Gasteiger partial charge in [-0.2, -0.15) is 5.10 Å². The van der Waals surface area contributed by atoms with Crippen LogP contribution in [0.4, 0.5) is 10.5 Å². The monoisotopic (exact) mass is 285 g/mol. The summed E-state index contributed by atoms with van der Waals surface area (Å²) in [5.41, 5.74) is 1.98. The largest absolute Gasteiger partial charge is 0.322 e. The van der Waals surface area contributed by atoms with Gasteiger partial charge in [0, 0.05) is 12.2 Å². The summed E-state index contributed by atoms with van der Waals surface area (Å²) >= 11 is 0. The predicted octanol–water partition coefficient (Wildman–Crippen LogP) is 2.87. The third-order valence-corrected chi connectivity index (χ3v) is 3.82. The molecule has 1 aromatic heterocycles. The SMILES string of the molecule is Cc1ccc(NC(=O)N2CCCCC2c2ncn[nH]2)cc1. The zero-order chi connectivity index (χ0) is 14.7. The fourth-order valence-electron chi connectivity index (χ4n) is 2.67. The van der Waals surface area contributed by atoms with Gasteiger partial charge < -0.3 is 10.2 Å². The lowest BCUT2D eigenvalue weighted by Crippen LogP contribution is -2.41. The highest BCUT2D eigenvalue weighted by Crippen LogP contribution is 2.29. The second-order valence-electron chi connectivity index (χ2n) is 5.37. The van der Waals surface area contributed by atoms with Crippen molar-refractivity contribution in [2.75, 3.05) is 11.9 Å². The quantitative estimate of drug-likeness (QED) is 0.891. The van der Waals surface area contributed by atoms with Gasteiger partial charge >= 0.3 is 6.03 Å². The van der Waals surface area contributed by atoms with Gasteiger partial charge in [-0.3, -0.25) is 5.10 Å². The minimum atomic E-state index is -0.0834. The molecule has 2 amide bonds. The van der Waals surface area contributed by atoms with Crippen molar-refractivity contribution in [1.29, 1.82) is 0 Å². The number of benzene rings is 1.